The molecule has 0 rings (SSSR count). The van der Waals surface area contributed by atoms with E-state index >= 15 is 0 Å². The number of rotatable bonds is 5. The van der Waals surface area contributed by atoms with Crippen molar-refractivity contribution in [1.82, 2.24) is 0 Å². The lowest BCUT2D eigenvalue weighted by molar-refractivity contribution is -0.184. The summed E-state index contributed by atoms with van der Waals surface area (Å²) in [6.45, 7) is -2.42. The normalized spacial score (nSPS) is 13.1. The molecule has 0 aliphatic rings. The molecule has 0 aromatic rings. The number of carbonyl (C=O) groups is 2. The number of hydrogen-bond acceptors (Lipinski definition) is 4. The molecule has 0 atom stereocenters. The molecule has 0 aromatic carbocycles. The smallest absolute Gasteiger partial charge is 0.422 e. The molecule has 0 aliphatic carbocycles. The van der Waals surface area contributed by atoms with E-state index < -0.39 is 43.1 Å². The van der Waals surface area contributed by atoms with E-state index in [2.05, 4.69) is 9.47 Å². The highest BCUT2D eigenvalue weighted by molar-refractivity contribution is 5.96. The quantitative estimate of drug-likeness (QED) is 0.445. The highest BCUT2D eigenvalue weighted by Crippen LogP contribution is 2.17. The first kappa shape index (κ1) is 18.3. The van der Waals surface area contributed by atoms with Gasteiger partial charge in [-0.25, -0.2) is 9.59 Å². The maximum atomic E-state index is 11.8. The van der Waals surface area contributed by atoms with Gasteiger partial charge in [-0.2, -0.15) is 26.3 Å². The first-order valence-electron chi connectivity index (χ1n) is 5.12. The van der Waals surface area contributed by atoms with E-state index in [9.17, 15) is 35.9 Å². The van der Waals surface area contributed by atoms with E-state index in [-0.39, 0.29) is 6.42 Å². The molecule has 0 fully saturated rings. The molecule has 0 unspecified atom stereocenters. The molecule has 20 heavy (non-hydrogen) atoms. The molecule has 0 aliphatic heterocycles. The number of carbonyl (C=O) groups excluding carboxylic acids is 2. The molecular weight excluding hydrogens is 298 g/mol. The topological polar surface area (TPSA) is 52.6 Å². The van der Waals surface area contributed by atoms with Gasteiger partial charge in [0, 0.05) is 11.6 Å². The summed E-state index contributed by atoms with van der Waals surface area (Å²) in [6.07, 6.45) is -9.33. The fourth-order valence-corrected chi connectivity index (χ4v) is 0.882. The Kier molecular flexibility index (Phi) is 6.53. The Hall–Kier alpha value is -1.74. The van der Waals surface area contributed by atoms with E-state index in [1.165, 1.54) is 6.92 Å². The summed E-state index contributed by atoms with van der Waals surface area (Å²) in [7, 11) is 0. The first-order chi connectivity index (χ1) is 8.94. The average molecular weight is 308 g/mol. The van der Waals surface area contributed by atoms with Crippen molar-refractivity contribution in [2.24, 2.45) is 0 Å². The predicted octanol–water partition coefficient (Wildman–Crippen LogP) is 2.53. The minimum absolute atomic E-state index is 0.211. The highest BCUT2D eigenvalue weighted by Gasteiger charge is 2.31. The van der Waals surface area contributed by atoms with E-state index in [4.69, 9.17) is 0 Å². The van der Waals surface area contributed by atoms with E-state index in [0.717, 1.165) is 0 Å². The number of ether oxygens (including phenoxy) is 2. The zero-order valence-corrected chi connectivity index (χ0v) is 10.1. The predicted molar refractivity (Wildman–Crippen MR) is 52.4 cm³/mol. The maximum absolute atomic E-state index is 11.8. The Labute approximate surface area is 109 Å². The van der Waals surface area contributed by atoms with Gasteiger partial charge in [-0.05, 0) is 6.42 Å². The van der Waals surface area contributed by atoms with Crippen molar-refractivity contribution >= 4 is 11.9 Å². The largest absolute Gasteiger partial charge is 0.453 e. The lowest BCUT2D eigenvalue weighted by atomic mass is 10.2. The number of halogens is 6. The third-order valence-corrected chi connectivity index (χ3v) is 1.68. The van der Waals surface area contributed by atoms with Gasteiger partial charge in [-0.15, -0.1) is 0 Å². The summed E-state index contributed by atoms with van der Waals surface area (Å²) in [5.41, 5.74) is -0.526. The molecule has 0 aromatic heterocycles. The number of hydrogen-bond donors (Lipinski definition) is 0. The Balaban J connectivity index is 4.53. The molecule has 10 heteroatoms. The van der Waals surface area contributed by atoms with Crippen molar-refractivity contribution in [3.8, 4) is 0 Å². The zero-order valence-electron chi connectivity index (χ0n) is 10.1. The van der Waals surface area contributed by atoms with Crippen LogP contribution in [0.4, 0.5) is 26.3 Å². The minimum atomic E-state index is -4.74. The maximum Gasteiger partial charge on any atom is 0.422 e. The Morgan fingerprint density at radius 3 is 1.80 bits per heavy atom. The van der Waals surface area contributed by atoms with Crippen molar-refractivity contribution in [1.29, 1.82) is 0 Å². The molecule has 0 amide bonds. The van der Waals surface area contributed by atoms with Gasteiger partial charge in [0.2, 0.25) is 0 Å². The van der Waals surface area contributed by atoms with Gasteiger partial charge in [0.1, 0.15) is 0 Å². The molecule has 0 heterocycles. The van der Waals surface area contributed by atoms with Gasteiger partial charge in [0.15, 0.2) is 13.2 Å². The van der Waals surface area contributed by atoms with Crippen LogP contribution in [-0.4, -0.2) is 37.5 Å². The van der Waals surface area contributed by atoms with Crippen molar-refractivity contribution < 1.29 is 45.4 Å². The molecule has 0 bridgehead atoms. The summed E-state index contributed by atoms with van der Waals surface area (Å²) >= 11 is 0. The molecule has 0 saturated carbocycles. The van der Waals surface area contributed by atoms with Crippen LogP contribution in [0.1, 0.15) is 13.3 Å². The van der Waals surface area contributed by atoms with Crippen LogP contribution in [0, 0.1) is 0 Å². The summed E-state index contributed by atoms with van der Waals surface area (Å²) in [6, 6.07) is 0. The lowest BCUT2D eigenvalue weighted by Gasteiger charge is -2.09. The molecule has 116 valence electrons. The summed E-state index contributed by atoms with van der Waals surface area (Å²) in [5, 5.41) is 0. The van der Waals surface area contributed by atoms with Crippen molar-refractivity contribution in [3.05, 3.63) is 11.6 Å². The van der Waals surface area contributed by atoms with Crippen LogP contribution in [0.25, 0.3) is 0 Å². The van der Waals surface area contributed by atoms with E-state index in [1.54, 1.807) is 0 Å². The third kappa shape index (κ3) is 9.22. The molecular formula is C10H10F6O4. The highest BCUT2D eigenvalue weighted by atomic mass is 19.4. The molecule has 0 radical (unpaired) electrons. The standard InChI is InChI=1S/C10H10F6O4/c1-2-6(8(18)20-5-10(14,15)16)3-7(17)19-4-9(11,12)13/h3H,2,4-5H2,1H3/b6-3+. The fourth-order valence-electron chi connectivity index (χ4n) is 0.882. The second-order valence-corrected chi connectivity index (χ2v) is 3.44. The van der Waals surface area contributed by atoms with E-state index in [1.807, 2.05) is 0 Å². The molecule has 0 N–H and O–H groups in total. The number of alkyl halides is 6. The summed E-state index contributed by atoms with van der Waals surface area (Å²) in [4.78, 5) is 22.1. The Bertz CT molecular complexity index is 382. The van der Waals surface area contributed by atoms with Crippen molar-refractivity contribution in [2.45, 2.75) is 25.7 Å². The van der Waals surface area contributed by atoms with Crippen molar-refractivity contribution in [2.75, 3.05) is 13.2 Å². The van der Waals surface area contributed by atoms with E-state index in [0.29, 0.717) is 6.08 Å². The summed E-state index contributed by atoms with van der Waals surface area (Å²) in [5.74, 6) is -2.95. The van der Waals surface area contributed by atoms with Gasteiger partial charge in [-0.3, -0.25) is 0 Å². The van der Waals surface area contributed by atoms with Crippen LogP contribution in [-0.2, 0) is 19.1 Å². The van der Waals surface area contributed by atoms with Gasteiger partial charge in [0.25, 0.3) is 0 Å². The summed E-state index contributed by atoms with van der Waals surface area (Å²) < 4.78 is 78.2. The lowest BCUT2D eigenvalue weighted by Crippen LogP contribution is -2.22. The number of esters is 2. The van der Waals surface area contributed by atoms with Crippen LogP contribution >= 0.6 is 0 Å². The molecule has 0 saturated heterocycles. The Morgan fingerprint density at radius 2 is 1.40 bits per heavy atom. The molecule has 4 nitrogen and oxygen atoms in total. The van der Waals surface area contributed by atoms with Crippen LogP contribution in [0.15, 0.2) is 11.6 Å². The van der Waals surface area contributed by atoms with Crippen molar-refractivity contribution in [3.63, 3.8) is 0 Å². The van der Waals surface area contributed by atoms with Crippen LogP contribution in [0.3, 0.4) is 0 Å². The third-order valence-electron chi connectivity index (χ3n) is 1.68. The minimum Gasteiger partial charge on any atom is -0.453 e. The van der Waals surface area contributed by atoms with Crippen LogP contribution in [0.5, 0.6) is 0 Å². The monoisotopic (exact) mass is 308 g/mol. The Morgan fingerprint density at radius 1 is 0.950 bits per heavy atom. The van der Waals surface area contributed by atoms with Gasteiger partial charge >= 0.3 is 24.3 Å². The fraction of sp³-hybridized carbons (Fsp3) is 0.600. The second kappa shape index (κ2) is 7.15. The average Bonchev–Trinajstić information content (AvgIpc) is 2.28. The SMILES string of the molecule is CC/C(=C\C(=O)OCC(F)(F)F)C(=O)OCC(F)(F)F. The van der Waals surface area contributed by atoms with Gasteiger partial charge in [0.05, 0.1) is 0 Å². The van der Waals surface area contributed by atoms with Crippen LogP contribution in [0.2, 0.25) is 0 Å². The second-order valence-electron chi connectivity index (χ2n) is 3.44. The zero-order chi connectivity index (χ0) is 16.0. The van der Waals surface area contributed by atoms with Gasteiger partial charge < -0.3 is 9.47 Å². The first-order valence-corrected chi connectivity index (χ1v) is 5.12. The molecule has 0 spiro atoms. The van der Waals surface area contributed by atoms with Crippen LogP contribution < -0.4 is 0 Å². The van der Waals surface area contributed by atoms with Gasteiger partial charge in [-0.1, -0.05) is 6.92 Å².